The lowest BCUT2D eigenvalue weighted by atomic mass is 9.77. The fourth-order valence-electron chi connectivity index (χ4n) is 5.49. The van der Waals surface area contributed by atoms with Crippen LogP contribution in [0, 0.1) is 17.8 Å². The van der Waals surface area contributed by atoms with E-state index in [0.29, 0.717) is 18.1 Å². The first-order valence-electron chi connectivity index (χ1n) is 15.1. The quantitative estimate of drug-likeness (QED) is 0.138. The van der Waals surface area contributed by atoms with Crippen molar-refractivity contribution < 1.29 is 9.53 Å². The Bertz CT molecular complexity index is 927. The van der Waals surface area contributed by atoms with Crippen LogP contribution in [0.25, 0.3) is 0 Å². The summed E-state index contributed by atoms with van der Waals surface area (Å²) in [6.07, 6.45) is 20.0. The molecule has 1 aliphatic rings. The Hall–Kier alpha value is -2.53. The summed E-state index contributed by atoms with van der Waals surface area (Å²) in [5, 5.41) is 0. The summed E-state index contributed by atoms with van der Waals surface area (Å²) < 4.78 is 5.53. The van der Waals surface area contributed by atoms with Gasteiger partial charge in [-0.3, -0.25) is 0 Å². The molecule has 2 heteroatoms. The van der Waals surface area contributed by atoms with Gasteiger partial charge in [-0.15, -0.1) is 0 Å². The van der Waals surface area contributed by atoms with Gasteiger partial charge in [-0.25, -0.2) is 4.79 Å². The number of carbonyl (C=O) groups excluding carboxylic acids is 1. The van der Waals surface area contributed by atoms with E-state index in [9.17, 15) is 4.79 Å². The van der Waals surface area contributed by atoms with E-state index in [-0.39, 0.29) is 5.97 Å². The van der Waals surface area contributed by atoms with Gasteiger partial charge in [0.2, 0.25) is 0 Å². The molecule has 0 radical (unpaired) electrons. The molecular weight excluding hydrogens is 452 g/mol. The summed E-state index contributed by atoms with van der Waals surface area (Å²) in [4.78, 5) is 12.4. The molecule has 200 valence electrons. The van der Waals surface area contributed by atoms with Crippen molar-refractivity contribution in [3.05, 3.63) is 71.3 Å². The molecule has 2 nitrogen and oxygen atoms in total. The van der Waals surface area contributed by atoms with E-state index < -0.39 is 0 Å². The molecule has 0 heterocycles. The molecular formula is C35H48O2. The Morgan fingerprint density at radius 3 is 2.16 bits per heavy atom. The SMILES string of the molecule is CCCCCC1CCC(c2ccc(C(=O)OCCCCCCCCCC#Cc3ccccc3)cc2)CC1. The molecule has 2 aromatic rings. The summed E-state index contributed by atoms with van der Waals surface area (Å²) in [5.74, 6) is 7.92. The fourth-order valence-corrected chi connectivity index (χ4v) is 5.49. The van der Waals surface area contributed by atoms with Crippen molar-refractivity contribution in [2.24, 2.45) is 5.92 Å². The first kappa shape index (κ1) is 29.0. The molecule has 1 aliphatic carbocycles. The summed E-state index contributed by atoms with van der Waals surface area (Å²) in [6, 6.07) is 18.4. The van der Waals surface area contributed by atoms with Crippen LogP contribution in [0.4, 0.5) is 0 Å². The van der Waals surface area contributed by atoms with E-state index in [4.69, 9.17) is 4.74 Å². The smallest absolute Gasteiger partial charge is 0.338 e. The zero-order chi connectivity index (χ0) is 26.0. The maximum atomic E-state index is 12.4. The average Bonchev–Trinajstić information content (AvgIpc) is 2.95. The Kier molecular flexibility index (Phi) is 14.0. The van der Waals surface area contributed by atoms with Gasteiger partial charge < -0.3 is 4.74 Å². The Morgan fingerprint density at radius 2 is 1.46 bits per heavy atom. The first-order valence-corrected chi connectivity index (χ1v) is 15.1. The lowest BCUT2D eigenvalue weighted by Gasteiger charge is -2.29. The normalized spacial score (nSPS) is 17.1. The molecule has 0 amide bonds. The van der Waals surface area contributed by atoms with Crippen LogP contribution < -0.4 is 0 Å². The standard InChI is InChI=1S/C35H48O2/c1-2-3-12-17-31-21-23-32(24-22-31)33-25-27-34(28-26-33)35(36)37-29-16-10-8-6-4-5-7-9-13-18-30-19-14-11-15-20-30/h11,14-15,19-20,25-28,31-32H,2-10,12,16-17,21-24,29H2,1H3. The summed E-state index contributed by atoms with van der Waals surface area (Å²) in [5.41, 5.74) is 3.19. The fraction of sp³-hybridized carbons (Fsp3) is 0.571. The predicted octanol–water partition coefficient (Wildman–Crippen LogP) is 9.87. The molecule has 37 heavy (non-hydrogen) atoms. The van der Waals surface area contributed by atoms with Gasteiger partial charge in [0.1, 0.15) is 0 Å². The van der Waals surface area contributed by atoms with Gasteiger partial charge in [0.15, 0.2) is 0 Å². The van der Waals surface area contributed by atoms with E-state index >= 15 is 0 Å². The highest BCUT2D eigenvalue weighted by molar-refractivity contribution is 5.89. The maximum absolute atomic E-state index is 12.4. The molecule has 0 spiro atoms. The van der Waals surface area contributed by atoms with Gasteiger partial charge in [-0.1, -0.05) is 107 Å². The number of esters is 1. The molecule has 3 rings (SSSR count). The molecule has 1 fully saturated rings. The van der Waals surface area contributed by atoms with Crippen molar-refractivity contribution >= 4 is 5.97 Å². The van der Waals surface area contributed by atoms with Crippen LogP contribution >= 0.6 is 0 Å². The van der Waals surface area contributed by atoms with Gasteiger partial charge in [-0.05, 0) is 80.2 Å². The molecule has 0 unspecified atom stereocenters. The van der Waals surface area contributed by atoms with Crippen molar-refractivity contribution in [3.63, 3.8) is 0 Å². The van der Waals surface area contributed by atoms with Crippen LogP contribution in [-0.2, 0) is 4.74 Å². The molecule has 1 saturated carbocycles. The van der Waals surface area contributed by atoms with Crippen molar-refractivity contribution in [1.82, 2.24) is 0 Å². The van der Waals surface area contributed by atoms with Gasteiger partial charge in [0, 0.05) is 12.0 Å². The van der Waals surface area contributed by atoms with E-state index in [0.717, 1.165) is 30.7 Å². The monoisotopic (exact) mass is 500 g/mol. The predicted molar refractivity (Wildman–Crippen MR) is 156 cm³/mol. The Morgan fingerprint density at radius 1 is 0.784 bits per heavy atom. The first-order chi connectivity index (χ1) is 18.3. The molecule has 0 saturated heterocycles. The lowest BCUT2D eigenvalue weighted by Crippen LogP contribution is -2.13. The summed E-state index contributed by atoms with van der Waals surface area (Å²) in [7, 11) is 0. The number of hydrogen-bond donors (Lipinski definition) is 0. The molecule has 0 bridgehead atoms. The van der Waals surface area contributed by atoms with Crippen molar-refractivity contribution in [2.45, 2.75) is 116 Å². The number of benzene rings is 2. The minimum Gasteiger partial charge on any atom is -0.462 e. The molecule has 0 aliphatic heterocycles. The molecule has 0 aromatic heterocycles. The zero-order valence-electron chi connectivity index (χ0n) is 23.2. The molecule has 0 atom stereocenters. The topological polar surface area (TPSA) is 26.3 Å². The summed E-state index contributed by atoms with van der Waals surface area (Å²) >= 11 is 0. The third-order valence-electron chi connectivity index (χ3n) is 7.87. The average molecular weight is 501 g/mol. The second-order valence-corrected chi connectivity index (χ2v) is 10.9. The third-order valence-corrected chi connectivity index (χ3v) is 7.87. The van der Waals surface area contributed by atoms with Gasteiger partial charge >= 0.3 is 5.97 Å². The maximum Gasteiger partial charge on any atom is 0.338 e. The van der Waals surface area contributed by atoms with E-state index in [2.05, 4.69) is 43.0 Å². The van der Waals surface area contributed by atoms with Crippen molar-refractivity contribution in [3.8, 4) is 11.8 Å². The van der Waals surface area contributed by atoms with Crippen molar-refractivity contribution in [1.29, 1.82) is 0 Å². The van der Waals surface area contributed by atoms with Crippen molar-refractivity contribution in [2.75, 3.05) is 6.61 Å². The third kappa shape index (κ3) is 11.6. The number of unbranched alkanes of at least 4 members (excludes halogenated alkanes) is 9. The van der Waals surface area contributed by atoms with Crippen LogP contribution in [0.5, 0.6) is 0 Å². The van der Waals surface area contributed by atoms with E-state index in [1.165, 1.54) is 89.0 Å². The number of hydrogen-bond acceptors (Lipinski definition) is 2. The highest BCUT2D eigenvalue weighted by Crippen LogP contribution is 2.37. The number of ether oxygens (including phenoxy) is 1. The van der Waals surface area contributed by atoms with Gasteiger partial charge in [-0.2, -0.15) is 0 Å². The minimum absolute atomic E-state index is 0.178. The second kappa shape index (κ2) is 17.8. The highest BCUT2D eigenvalue weighted by atomic mass is 16.5. The van der Waals surface area contributed by atoms with Crippen LogP contribution in [0.2, 0.25) is 0 Å². The summed E-state index contributed by atoms with van der Waals surface area (Å²) in [6.45, 7) is 2.81. The van der Waals surface area contributed by atoms with Gasteiger partial charge in [0.25, 0.3) is 0 Å². The molecule has 0 N–H and O–H groups in total. The minimum atomic E-state index is -0.178. The highest BCUT2D eigenvalue weighted by Gasteiger charge is 2.22. The van der Waals surface area contributed by atoms with E-state index in [1.54, 1.807) is 0 Å². The van der Waals surface area contributed by atoms with E-state index in [1.807, 2.05) is 30.3 Å². The zero-order valence-corrected chi connectivity index (χ0v) is 23.2. The molecule has 2 aromatic carbocycles. The Balaban J connectivity index is 1.19. The van der Waals surface area contributed by atoms with Crippen LogP contribution in [-0.4, -0.2) is 12.6 Å². The Labute approximate surface area is 226 Å². The van der Waals surface area contributed by atoms with Crippen LogP contribution in [0.3, 0.4) is 0 Å². The largest absolute Gasteiger partial charge is 0.462 e. The van der Waals surface area contributed by atoms with Crippen LogP contribution in [0.15, 0.2) is 54.6 Å². The number of carbonyl (C=O) groups is 1. The van der Waals surface area contributed by atoms with Gasteiger partial charge in [0.05, 0.1) is 12.2 Å². The lowest BCUT2D eigenvalue weighted by molar-refractivity contribution is 0.0497. The second-order valence-electron chi connectivity index (χ2n) is 10.9. The van der Waals surface area contributed by atoms with Crippen LogP contribution in [0.1, 0.15) is 137 Å². The number of rotatable bonds is 15.